The van der Waals surface area contributed by atoms with Crippen molar-refractivity contribution < 1.29 is 0 Å². The molecule has 1 aliphatic carbocycles. The third kappa shape index (κ3) is 3.36. The average Bonchev–Trinajstić information content (AvgIpc) is 3.25. The van der Waals surface area contributed by atoms with Crippen LogP contribution in [0.5, 0.6) is 0 Å². The normalized spacial score (nSPS) is 18.5. The third-order valence-electron chi connectivity index (χ3n) is 4.63. The van der Waals surface area contributed by atoms with E-state index in [4.69, 9.17) is 0 Å². The van der Waals surface area contributed by atoms with E-state index in [1.165, 1.54) is 24.4 Å². The number of anilines is 2. The summed E-state index contributed by atoms with van der Waals surface area (Å²) in [5.74, 6) is 3.27. The fraction of sp³-hybridized carbons (Fsp3) is 0.647. The molecule has 128 valence electrons. The van der Waals surface area contributed by atoms with Gasteiger partial charge in [0.15, 0.2) is 5.82 Å². The van der Waals surface area contributed by atoms with Gasteiger partial charge in [0, 0.05) is 48.4 Å². The number of aromatic nitrogens is 4. The van der Waals surface area contributed by atoms with Crippen molar-refractivity contribution in [3.8, 4) is 0 Å². The predicted octanol–water partition coefficient (Wildman–Crippen LogP) is 3.05. The molecule has 4 rings (SSSR count). The summed E-state index contributed by atoms with van der Waals surface area (Å²) in [5, 5.41) is 13.2. The first kappa shape index (κ1) is 15.7. The van der Waals surface area contributed by atoms with Crippen molar-refractivity contribution in [2.75, 3.05) is 29.9 Å². The van der Waals surface area contributed by atoms with Gasteiger partial charge in [0.2, 0.25) is 5.13 Å². The second kappa shape index (κ2) is 5.95. The van der Waals surface area contributed by atoms with Crippen LogP contribution in [0, 0.1) is 5.92 Å². The molecular formula is C17H24N6S. The van der Waals surface area contributed by atoms with Crippen LogP contribution in [0.3, 0.4) is 0 Å². The summed E-state index contributed by atoms with van der Waals surface area (Å²) in [7, 11) is 0. The van der Waals surface area contributed by atoms with E-state index < -0.39 is 0 Å². The van der Waals surface area contributed by atoms with Crippen molar-refractivity contribution in [1.82, 2.24) is 19.6 Å². The Morgan fingerprint density at radius 3 is 2.62 bits per heavy atom. The molecule has 1 saturated carbocycles. The van der Waals surface area contributed by atoms with Gasteiger partial charge in [-0.2, -0.15) is 9.47 Å². The lowest BCUT2D eigenvalue weighted by molar-refractivity contribution is 0.424. The summed E-state index contributed by atoms with van der Waals surface area (Å²) in [5.41, 5.74) is 1.08. The minimum absolute atomic E-state index is 0.0496. The summed E-state index contributed by atoms with van der Waals surface area (Å²) in [4.78, 5) is 6.85. The highest BCUT2D eigenvalue weighted by molar-refractivity contribution is 7.09. The zero-order chi connectivity index (χ0) is 16.7. The Morgan fingerprint density at radius 1 is 1.21 bits per heavy atom. The van der Waals surface area contributed by atoms with E-state index in [0.29, 0.717) is 11.8 Å². The fourth-order valence-electron chi connectivity index (χ4n) is 2.83. The monoisotopic (exact) mass is 344 g/mol. The maximum Gasteiger partial charge on any atom is 0.202 e. The molecule has 0 aromatic carbocycles. The van der Waals surface area contributed by atoms with Crippen molar-refractivity contribution in [3.63, 3.8) is 0 Å². The van der Waals surface area contributed by atoms with Gasteiger partial charge < -0.3 is 10.2 Å². The van der Waals surface area contributed by atoms with Crippen LogP contribution in [0.15, 0.2) is 12.1 Å². The SMILES string of the molecule is CC(C)(C)c1ccc(N2CC(CNc3nc(C4CC4)ns3)C2)nn1. The van der Waals surface area contributed by atoms with Crippen molar-refractivity contribution in [2.24, 2.45) is 5.92 Å². The van der Waals surface area contributed by atoms with Crippen LogP contribution in [0.2, 0.25) is 0 Å². The van der Waals surface area contributed by atoms with Crippen molar-refractivity contribution >= 4 is 22.5 Å². The van der Waals surface area contributed by atoms with Crippen LogP contribution in [0.1, 0.15) is 51.0 Å². The van der Waals surface area contributed by atoms with Gasteiger partial charge in [-0.05, 0) is 25.0 Å². The molecule has 3 heterocycles. The quantitative estimate of drug-likeness (QED) is 0.899. The molecule has 2 aliphatic rings. The van der Waals surface area contributed by atoms with Gasteiger partial charge in [-0.15, -0.1) is 5.10 Å². The van der Waals surface area contributed by atoms with Crippen LogP contribution in [-0.2, 0) is 5.41 Å². The summed E-state index contributed by atoms with van der Waals surface area (Å²) < 4.78 is 4.43. The van der Waals surface area contributed by atoms with Gasteiger partial charge in [0.25, 0.3) is 0 Å². The summed E-state index contributed by atoms with van der Waals surface area (Å²) in [6.45, 7) is 9.46. The molecule has 0 spiro atoms. The van der Waals surface area contributed by atoms with Crippen molar-refractivity contribution in [1.29, 1.82) is 0 Å². The highest BCUT2D eigenvalue weighted by Gasteiger charge is 2.30. The Hall–Kier alpha value is -1.76. The standard InChI is InChI=1S/C17H24N6S/c1-17(2,3)13-6-7-14(21-20-13)23-9-11(10-23)8-18-16-19-15(22-24-16)12-4-5-12/h6-7,11-12H,4-5,8-10H2,1-3H3,(H,18,19,22). The number of hydrogen-bond donors (Lipinski definition) is 1. The minimum atomic E-state index is 0.0496. The van der Waals surface area contributed by atoms with Crippen LogP contribution in [-0.4, -0.2) is 39.2 Å². The lowest BCUT2D eigenvalue weighted by atomic mass is 9.92. The summed E-state index contributed by atoms with van der Waals surface area (Å²) >= 11 is 1.49. The van der Waals surface area contributed by atoms with E-state index in [1.54, 1.807) is 0 Å². The lowest BCUT2D eigenvalue weighted by Crippen LogP contribution is -2.50. The smallest absolute Gasteiger partial charge is 0.202 e. The average molecular weight is 344 g/mol. The zero-order valence-electron chi connectivity index (χ0n) is 14.5. The Morgan fingerprint density at radius 2 is 2.00 bits per heavy atom. The van der Waals surface area contributed by atoms with E-state index in [0.717, 1.165) is 42.1 Å². The van der Waals surface area contributed by atoms with E-state index in [1.807, 2.05) is 0 Å². The van der Waals surface area contributed by atoms with Crippen LogP contribution >= 0.6 is 11.5 Å². The van der Waals surface area contributed by atoms with E-state index in [-0.39, 0.29) is 5.41 Å². The first-order valence-electron chi connectivity index (χ1n) is 8.65. The molecule has 2 aromatic heterocycles. The first-order chi connectivity index (χ1) is 11.5. The van der Waals surface area contributed by atoms with Gasteiger partial charge in [-0.1, -0.05) is 20.8 Å². The number of rotatable bonds is 5. The zero-order valence-corrected chi connectivity index (χ0v) is 15.3. The van der Waals surface area contributed by atoms with E-state index in [9.17, 15) is 0 Å². The largest absolute Gasteiger partial charge is 0.360 e. The molecule has 0 amide bonds. The Bertz CT molecular complexity index is 695. The maximum absolute atomic E-state index is 4.57. The Labute approximate surface area is 146 Å². The molecule has 0 unspecified atom stereocenters. The second-order valence-corrected chi connectivity index (χ2v) is 8.66. The molecule has 1 saturated heterocycles. The first-order valence-corrected chi connectivity index (χ1v) is 9.43. The molecule has 6 nitrogen and oxygen atoms in total. The van der Waals surface area contributed by atoms with Crippen molar-refractivity contribution in [3.05, 3.63) is 23.7 Å². The number of nitrogens with one attached hydrogen (secondary N) is 1. The van der Waals surface area contributed by atoms with Gasteiger partial charge >= 0.3 is 0 Å². The van der Waals surface area contributed by atoms with Gasteiger partial charge in [0.1, 0.15) is 5.82 Å². The Kier molecular flexibility index (Phi) is 3.90. The van der Waals surface area contributed by atoms with Gasteiger partial charge in [-0.25, -0.2) is 4.98 Å². The molecule has 24 heavy (non-hydrogen) atoms. The van der Waals surface area contributed by atoms with Gasteiger partial charge in [-0.3, -0.25) is 0 Å². The van der Waals surface area contributed by atoms with Crippen LogP contribution in [0.25, 0.3) is 0 Å². The molecule has 7 heteroatoms. The summed E-state index contributed by atoms with van der Waals surface area (Å²) in [6, 6.07) is 4.18. The topological polar surface area (TPSA) is 66.8 Å². The van der Waals surface area contributed by atoms with E-state index in [2.05, 4.69) is 62.7 Å². The van der Waals surface area contributed by atoms with Gasteiger partial charge in [0.05, 0.1) is 5.69 Å². The third-order valence-corrected chi connectivity index (χ3v) is 5.31. The maximum atomic E-state index is 4.57. The predicted molar refractivity (Wildman–Crippen MR) is 96.8 cm³/mol. The second-order valence-electron chi connectivity index (χ2n) is 7.91. The molecule has 1 N–H and O–H groups in total. The lowest BCUT2D eigenvalue weighted by Gasteiger charge is -2.40. The molecular weight excluding hydrogens is 320 g/mol. The molecule has 0 bridgehead atoms. The molecule has 1 aliphatic heterocycles. The highest BCUT2D eigenvalue weighted by Crippen LogP contribution is 2.39. The fourth-order valence-corrected chi connectivity index (χ4v) is 3.48. The van der Waals surface area contributed by atoms with E-state index >= 15 is 0 Å². The number of nitrogens with zero attached hydrogens (tertiary/aromatic N) is 5. The van der Waals surface area contributed by atoms with Crippen molar-refractivity contribution in [2.45, 2.75) is 44.9 Å². The molecule has 2 fully saturated rings. The number of hydrogen-bond acceptors (Lipinski definition) is 7. The molecule has 0 radical (unpaired) electrons. The molecule has 0 atom stereocenters. The molecule has 2 aromatic rings. The highest BCUT2D eigenvalue weighted by atomic mass is 32.1. The minimum Gasteiger partial charge on any atom is -0.360 e. The van der Waals surface area contributed by atoms with Crippen LogP contribution in [0.4, 0.5) is 10.9 Å². The van der Waals surface area contributed by atoms with Crippen LogP contribution < -0.4 is 10.2 Å². The Balaban J connectivity index is 1.25. The summed E-state index contributed by atoms with van der Waals surface area (Å²) in [6.07, 6.45) is 2.51.